The summed E-state index contributed by atoms with van der Waals surface area (Å²) in [6.45, 7) is -0.253. The van der Waals surface area contributed by atoms with E-state index < -0.39 is 15.9 Å². The Bertz CT molecular complexity index is 916. The largest absolute Gasteiger partial charge is 0.454 e. The SMILES string of the molecule is CS(=O)(=O)N(CC(=O)Nc1ccc2c(c1)OCO2)c1cccc(Cl)c1. The fourth-order valence-electron chi connectivity index (χ4n) is 2.34. The molecule has 2 aromatic carbocycles. The van der Waals surface area contributed by atoms with Crippen LogP contribution in [0.25, 0.3) is 0 Å². The molecule has 3 rings (SSSR count). The van der Waals surface area contributed by atoms with Gasteiger partial charge >= 0.3 is 0 Å². The first-order valence-corrected chi connectivity index (χ1v) is 9.48. The number of benzene rings is 2. The lowest BCUT2D eigenvalue weighted by Crippen LogP contribution is -2.37. The molecule has 0 radical (unpaired) electrons. The fourth-order valence-corrected chi connectivity index (χ4v) is 3.37. The van der Waals surface area contributed by atoms with E-state index in [4.69, 9.17) is 21.1 Å². The maximum atomic E-state index is 12.3. The third-order valence-electron chi connectivity index (χ3n) is 3.44. The van der Waals surface area contributed by atoms with Gasteiger partial charge in [-0.05, 0) is 30.3 Å². The molecule has 1 N–H and O–H groups in total. The number of carbonyl (C=O) groups excluding carboxylic acids is 1. The molecule has 0 saturated carbocycles. The number of carbonyl (C=O) groups is 1. The van der Waals surface area contributed by atoms with Crippen molar-refractivity contribution < 1.29 is 22.7 Å². The Morgan fingerprint density at radius 2 is 1.96 bits per heavy atom. The second kappa shape index (κ2) is 6.81. The Hall–Kier alpha value is -2.45. The van der Waals surface area contributed by atoms with E-state index in [9.17, 15) is 13.2 Å². The number of rotatable bonds is 5. The van der Waals surface area contributed by atoms with Gasteiger partial charge in [-0.15, -0.1) is 0 Å². The summed E-state index contributed by atoms with van der Waals surface area (Å²) in [5, 5.41) is 3.02. The van der Waals surface area contributed by atoms with Crippen molar-refractivity contribution in [2.75, 3.05) is 29.2 Å². The van der Waals surface area contributed by atoms with Crippen LogP contribution in [0.15, 0.2) is 42.5 Å². The fraction of sp³-hybridized carbons (Fsp3) is 0.188. The number of nitrogens with one attached hydrogen (secondary N) is 1. The van der Waals surface area contributed by atoms with Gasteiger partial charge in [-0.2, -0.15) is 0 Å². The van der Waals surface area contributed by atoms with Crippen LogP contribution in [0.2, 0.25) is 5.02 Å². The number of halogens is 1. The third kappa shape index (κ3) is 4.15. The van der Waals surface area contributed by atoms with E-state index in [1.807, 2.05) is 0 Å². The number of fused-ring (bicyclic) bond motifs is 1. The van der Waals surface area contributed by atoms with Crippen LogP contribution in [0.3, 0.4) is 0 Å². The molecule has 0 saturated heterocycles. The number of ether oxygens (including phenoxy) is 2. The lowest BCUT2D eigenvalue weighted by molar-refractivity contribution is -0.114. The molecule has 25 heavy (non-hydrogen) atoms. The van der Waals surface area contributed by atoms with Gasteiger partial charge in [0.25, 0.3) is 0 Å². The van der Waals surface area contributed by atoms with Crippen molar-refractivity contribution in [3.63, 3.8) is 0 Å². The summed E-state index contributed by atoms with van der Waals surface area (Å²) >= 11 is 5.91. The van der Waals surface area contributed by atoms with Gasteiger partial charge in [0.05, 0.1) is 11.9 Å². The average Bonchev–Trinajstić information content (AvgIpc) is 2.99. The van der Waals surface area contributed by atoms with Crippen molar-refractivity contribution in [1.82, 2.24) is 0 Å². The normalized spacial score (nSPS) is 12.7. The van der Waals surface area contributed by atoms with Crippen molar-refractivity contribution >= 4 is 38.9 Å². The van der Waals surface area contributed by atoms with E-state index >= 15 is 0 Å². The van der Waals surface area contributed by atoms with E-state index in [1.165, 1.54) is 6.07 Å². The highest BCUT2D eigenvalue weighted by Gasteiger charge is 2.22. The van der Waals surface area contributed by atoms with Crippen LogP contribution < -0.4 is 19.1 Å². The maximum Gasteiger partial charge on any atom is 0.245 e. The van der Waals surface area contributed by atoms with Gasteiger partial charge in [0.2, 0.25) is 22.7 Å². The molecule has 0 aliphatic carbocycles. The maximum absolute atomic E-state index is 12.3. The van der Waals surface area contributed by atoms with E-state index in [0.29, 0.717) is 27.9 Å². The smallest absolute Gasteiger partial charge is 0.245 e. The summed E-state index contributed by atoms with van der Waals surface area (Å²) in [6, 6.07) is 11.2. The van der Waals surface area contributed by atoms with Crippen LogP contribution in [0, 0.1) is 0 Å². The zero-order valence-corrected chi connectivity index (χ0v) is 14.8. The molecule has 9 heteroatoms. The molecule has 0 spiro atoms. The Morgan fingerprint density at radius 1 is 1.20 bits per heavy atom. The highest BCUT2D eigenvalue weighted by molar-refractivity contribution is 7.92. The first-order chi connectivity index (χ1) is 11.8. The zero-order valence-electron chi connectivity index (χ0n) is 13.2. The number of sulfonamides is 1. The average molecular weight is 383 g/mol. The van der Waals surface area contributed by atoms with E-state index in [0.717, 1.165) is 10.6 Å². The van der Waals surface area contributed by atoms with Crippen LogP contribution in [-0.4, -0.2) is 33.9 Å². The molecule has 0 bridgehead atoms. The molecule has 2 aromatic rings. The summed E-state index contributed by atoms with van der Waals surface area (Å²) in [5.41, 5.74) is 0.796. The van der Waals surface area contributed by atoms with Crippen molar-refractivity contribution in [3.05, 3.63) is 47.5 Å². The summed E-state index contributed by atoms with van der Waals surface area (Å²) in [4.78, 5) is 12.3. The number of nitrogens with zero attached hydrogens (tertiary/aromatic N) is 1. The standard InChI is InChI=1S/C16H15ClN2O5S/c1-25(21,22)19(13-4-2-3-11(17)7-13)9-16(20)18-12-5-6-14-15(8-12)24-10-23-14/h2-8H,9-10H2,1H3,(H,18,20). The Balaban J connectivity index is 1.77. The van der Waals surface area contributed by atoms with Crippen molar-refractivity contribution in [1.29, 1.82) is 0 Å². The molecular formula is C16H15ClN2O5S. The molecule has 0 aromatic heterocycles. The second-order valence-electron chi connectivity index (χ2n) is 5.37. The Labute approximate surface area is 150 Å². The minimum atomic E-state index is -3.66. The molecule has 0 unspecified atom stereocenters. The predicted molar refractivity (Wildman–Crippen MR) is 94.8 cm³/mol. The monoisotopic (exact) mass is 382 g/mol. The Morgan fingerprint density at radius 3 is 2.68 bits per heavy atom. The van der Waals surface area contributed by atoms with Crippen LogP contribution >= 0.6 is 11.6 Å². The van der Waals surface area contributed by atoms with Crippen molar-refractivity contribution in [2.24, 2.45) is 0 Å². The number of anilines is 2. The molecule has 7 nitrogen and oxygen atoms in total. The lowest BCUT2D eigenvalue weighted by Gasteiger charge is -2.22. The molecule has 132 valence electrons. The van der Waals surface area contributed by atoms with E-state index in [2.05, 4.69) is 5.32 Å². The van der Waals surface area contributed by atoms with Gasteiger partial charge in [0.1, 0.15) is 6.54 Å². The number of hydrogen-bond acceptors (Lipinski definition) is 5. The highest BCUT2D eigenvalue weighted by Crippen LogP contribution is 2.34. The Kier molecular flexibility index (Phi) is 4.73. The minimum Gasteiger partial charge on any atom is -0.454 e. The van der Waals surface area contributed by atoms with Gasteiger partial charge in [0.15, 0.2) is 11.5 Å². The summed E-state index contributed by atoms with van der Waals surface area (Å²) in [5.74, 6) is 0.617. The van der Waals surface area contributed by atoms with Gasteiger partial charge in [-0.25, -0.2) is 8.42 Å². The van der Waals surface area contributed by atoms with Gasteiger partial charge in [0, 0.05) is 16.8 Å². The highest BCUT2D eigenvalue weighted by atomic mass is 35.5. The molecule has 0 atom stereocenters. The molecule has 1 amide bonds. The van der Waals surface area contributed by atoms with Crippen LogP contribution in [0.4, 0.5) is 11.4 Å². The van der Waals surface area contributed by atoms with E-state index in [1.54, 1.807) is 36.4 Å². The molecular weight excluding hydrogens is 368 g/mol. The second-order valence-corrected chi connectivity index (χ2v) is 7.71. The van der Waals surface area contributed by atoms with Crippen LogP contribution in [0.5, 0.6) is 11.5 Å². The first-order valence-electron chi connectivity index (χ1n) is 7.26. The first kappa shape index (κ1) is 17.4. The summed E-state index contributed by atoms with van der Waals surface area (Å²) < 4.78 is 35.5. The molecule has 1 aliphatic heterocycles. The van der Waals surface area contributed by atoms with Crippen molar-refractivity contribution in [3.8, 4) is 11.5 Å². The number of amides is 1. The third-order valence-corrected chi connectivity index (χ3v) is 4.82. The predicted octanol–water partition coefficient (Wildman–Crippen LogP) is 2.47. The quantitative estimate of drug-likeness (QED) is 0.858. The minimum absolute atomic E-state index is 0.128. The molecule has 0 fully saturated rings. The van der Waals surface area contributed by atoms with Crippen LogP contribution in [0.1, 0.15) is 0 Å². The van der Waals surface area contributed by atoms with Gasteiger partial charge < -0.3 is 14.8 Å². The summed E-state index contributed by atoms with van der Waals surface area (Å²) in [6.07, 6.45) is 1.03. The summed E-state index contributed by atoms with van der Waals surface area (Å²) in [7, 11) is -3.66. The van der Waals surface area contributed by atoms with E-state index in [-0.39, 0.29) is 13.3 Å². The zero-order chi connectivity index (χ0) is 18.0. The van der Waals surface area contributed by atoms with Gasteiger partial charge in [-0.1, -0.05) is 17.7 Å². The van der Waals surface area contributed by atoms with Crippen molar-refractivity contribution in [2.45, 2.75) is 0 Å². The topological polar surface area (TPSA) is 84.9 Å². The molecule has 1 heterocycles. The van der Waals surface area contributed by atoms with Gasteiger partial charge in [-0.3, -0.25) is 9.10 Å². The lowest BCUT2D eigenvalue weighted by atomic mass is 10.2. The molecule has 1 aliphatic rings. The number of hydrogen-bond donors (Lipinski definition) is 1. The van der Waals surface area contributed by atoms with Crippen LogP contribution in [-0.2, 0) is 14.8 Å².